The van der Waals surface area contributed by atoms with Gasteiger partial charge in [-0.1, -0.05) is 30.3 Å². The summed E-state index contributed by atoms with van der Waals surface area (Å²) in [7, 11) is 0. The van der Waals surface area contributed by atoms with Gasteiger partial charge in [-0.05, 0) is 12.8 Å². The molecule has 1 atom stereocenters. The lowest BCUT2D eigenvalue weighted by Gasteiger charge is -2.20. The molecule has 0 saturated carbocycles. The Morgan fingerprint density at radius 2 is 2.05 bits per heavy atom. The molecule has 1 aliphatic rings. The Morgan fingerprint density at radius 1 is 1.29 bits per heavy atom. The number of nitrogens with two attached hydrogens (primary N) is 1. The van der Waals surface area contributed by atoms with Gasteiger partial charge in [0, 0.05) is 17.5 Å². The minimum atomic E-state index is -0.501. The molecule has 1 aliphatic heterocycles. The summed E-state index contributed by atoms with van der Waals surface area (Å²) in [5, 5.41) is 2.54. The van der Waals surface area contributed by atoms with Gasteiger partial charge in [0.25, 0.3) is 5.91 Å². The summed E-state index contributed by atoms with van der Waals surface area (Å²) >= 11 is 1.42. The van der Waals surface area contributed by atoms with Crippen molar-refractivity contribution in [2.75, 3.05) is 6.54 Å². The van der Waals surface area contributed by atoms with Gasteiger partial charge in [0.1, 0.15) is 16.7 Å². The first-order chi connectivity index (χ1) is 10.2. The molecule has 1 saturated heterocycles. The molecule has 1 unspecified atom stereocenters. The van der Waals surface area contributed by atoms with Crippen LogP contribution in [0.5, 0.6) is 0 Å². The molecular weight excluding hydrogens is 286 g/mol. The van der Waals surface area contributed by atoms with E-state index in [1.807, 2.05) is 30.3 Å². The first kappa shape index (κ1) is 13.8. The standard InChI is InChI=1S/C15H15N3O2S/c16-13(19)12-7-4-8-18(12)15(20)11-9-21-14(17-11)10-5-2-1-3-6-10/h1-3,5-6,9,12H,4,7-8H2,(H2,16,19). The molecule has 1 aromatic heterocycles. The van der Waals surface area contributed by atoms with Gasteiger partial charge >= 0.3 is 0 Å². The van der Waals surface area contributed by atoms with Crippen LogP contribution in [0.25, 0.3) is 10.6 Å². The lowest BCUT2D eigenvalue weighted by Crippen LogP contribution is -2.43. The third-order valence-electron chi connectivity index (χ3n) is 3.59. The highest BCUT2D eigenvalue weighted by Crippen LogP contribution is 2.26. The van der Waals surface area contributed by atoms with E-state index in [-0.39, 0.29) is 5.91 Å². The Kier molecular flexibility index (Phi) is 3.70. The number of carbonyl (C=O) groups is 2. The Balaban J connectivity index is 1.83. The molecule has 0 aliphatic carbocycles. The van der Waals surface area contributed by atoms with Crippen LogP contribution >= 0.6 is 11.3 Å². The molecule has 0 spiro atoms. The number of rotatable bonds is 3. The van der Waals surface area contributed by atoms with Crippen molar-refractivity contribution in [1.82, 2.24) is 9.88 Å². The van der Waals surface area contributed by atoms with Crippen LogP contribution in [0, 0.1) is 0 Å². The van der Waals surface area contributed by atoms with Crippen molar-refractivity contribution in [3.8, 4) is 10.6 Å². The predicted molar refractivity (Wildman–Crippen MR) is 80.8 cm³/mol. The van der Waals surface area contributed by atoms with Crippen LogP contribution in [0.4, 0.5) is 0 Å². The summed E-state index contributed by atoms with van der Waals surface area (Å²) in [4.78, 5) is 29.8. The molecule has 5 nitrogen and oxygen atoms in total. The van der Waals surface area contributed by atoms with Gasteiger partial charge in [0.15, 0.2) is 0 Å². The highest BCUT2D eigenvalue weighted by atomic mass is 32.1. The lowest BCUT2D eigenvalue weighted by molar-refractivity contribution is -0.121. The largest absolute Gasteiger partial charge is 0.368 e. The summed E-state index contributed by atoms with van der Waals surface area (Å²) in [5.41, 5.74) is 6.71. The molecule has 108 valence electrons. The second kappa shape index (κ2) is 5.65. The van der Waals surface area contributed by atoms with Gasteiger partial charge < -0.3 is 10.6 Å². The Bertz CT molecular complexity index is 669. The van der Waals surface area contributed by atoms with E-state index in [4.69, 9.17) is 5.73 Å². The minimum Gasteiger partial charge on any atom is -0.368 e. The highest BCUT2D eigenvalue weighted by Gasteiger charge is 2.34. The molecule has 21 heavy (non-hydrogen) atoms. The maximum atomic E-state index is 12.5. The zero-order chi connectivity index (χ0) is 14.8. The fourth-order valence-corrected chi connectivity index (χ4v) is 3.34. The van der Waals surface area contributed by atoms with Gasteiger partial charge in [-0.3, -0.25) is 9.59 Å². The SMILES string of the molecule is NC(=O)C1CCCN1C(=O)c1csc(-c2ccccc2)n1. The molecule has 0 bridgehead atoms. The monoisotopic (exact) mass is 301 g/mol. The topological polar surface area (TPSA) is 76.3 Å². The molecule has 2 aromatic rings. The van der Waals surface area contributed by atoms with E-state index >= 15 is 0 Å². The number of thiazole rings is 1. The second-order valence-electron chi connectivity index (χ2n) is 4.96. The maximum Gasteiger partial charge on any atom is 0.274 e. The third-order valence-corrected chi connectivity index (χ3v) is 4.48. The number of hydrogen-bond acceptors (Lipinski definition) is 4. The van der Waals surface area contributed by atoms with Crippen molar-refractivity contribution < 1.29 is 9.59 Å². The van der Waals surface area contributed by atoms with E-state index in [1.165, 1.54) is 16.2 Å². The molecule has 2 heterocycles. The Labute approximate surface area is 126 Å². The van der Waals surface area contributed by atoms with Gasteiger partial charge in [0.05, 0.1) is 0 Å². The average molecular weight is 301 g/mol. The van der Waals surface area contributed by atoms with Crippen molar-refractivity contribution >= 4 is 23.2 Å². The number of amides is 2. The van der Waals surface area contributed by atoms with Gasteiger partial charge in [-0.15, -0.1) is 11.3 Å². The van der Waals surface area contributed by atoms with Crippen molar-refractivity contribution in [1.29, 1.82) is 0 Å². The Morgan fingerprint density at radius 3 is 2.76 bits per heavy atom. The number of primary amides is 1. The number of nitrogens with zero attached hydrogens (tertiary/aromatic N) is 2. The van der Waals surface area contributed by atoms with Crippen LogP contribution in [0.1, 0.15) is 23.3 Å². The van der Waals surface area contributed by atoms with Crippen molar-refractivity contribution in [2.45, 2.75) is 18.9 Å². The first-order valence-corrected chi connectivity index (χ1v) is 7.66. The van der Waals surface area contributed by atoms with Gasteiger partial charge in [-0.25, -0.2) is 4.98 Å². The van der Waals surface area contributed by atoms with E-state index in [0.717, 1.165) is 17.0 Å². The van der Waals surface area contributed by atoms with E-state index in [0.29, 0.717) is 18.7 Å². The molecular formula is C15H15N3O2S. The summed E-state index contributed by atoms with van der Waals surface area (Å²) in [6.07, 6.45) is 1.44. The summed E-state index contributed by atoms with van der Waals surface area (Å²) < 4.78 is 0. The van der Waals surface area contributed by atoms with Crippen LogP contribution in [-0.2, 0) is 4.79 Å². The second-order valence-corrected chi connectivity index (χ2v) is 5.82. The van der Waals surface area contributed by atoms with Crippen molar-refractivity contribution in [3.63, 3.8) is 0 Å². The van der Waals surface area contributed by atoms with Crippen LogP contribution in [0.15, 0.2) is 35.7 Å². The van der Waals surface area contributed by atoms with Gasteiger partial charge in [0.2, 0.25) is 5.91 Å². The number of hydrogen-bond donors (Lipinski definition) is 1. The lowest BCUT2D eigenvalue weighted by atomic mass is 10.2. The van der Waals surface area contributed by atoms with Crippen molar-refractivity contribution in [3.05, 3.63) is 41.4 Å². The summed E-state index contributed by atoms with van der Waals surface area (Å²) in [6.45, 7) is 0.560. The molecule has 2 amide bonds. The zero-order valence-corrected chi connectivity index (χ0v) is 12.2. The van der Waals surface area contributed by atoms with E-state index in [1.54, 1.807) is 5.38 Å². The summed E-state index contributed by atoms with van der Waals surface area (Å²) in [5.74, 6) is -0.658. The fraction of sp³-hybridized carbons (Fsp3) is 0.267. The van der Waals surface area contributed by atoms with E-state index in [9.17, 15) is 9.59 Å². The van der Waals surface area contributed by atoms with Crippen LogP contribution in [0.2, 0.25) is 0 Å². The van der Waals surface area contributed by atoms with Crippen molar-refractivity contribution in [2.24, 2.45) is 5.73 Å². The molecule has 2 N–H and O–H groups in total. The average Bonchev–Trinajstić information content (AvgIpc) is 3.17. The quantitative estimate of drug-likeness (QED) is 0.940. The number of benzene rings is 1. The maximum absolute atomic E-state index is 12.5. The third kappa shape index (κ3) is 2.67. The smallest absolute Gasteiger partial charge is 0.274 e. The predicted octanol–water partition coefficient (Wildman–Crippen LogP) is 1.90. The first-order valence-electron chi connectivity index (χ1n) is 6.78. The van der Waals surface area contributed by atoms with Crippen LogP contribution in [0.3, 0.4) is 0 Å². The minimum absolute atomic E-state index is 0.213. The van der Waals surface area contributed by atoms with Crippen LogP contribution < -0.4 is 5.73 Å². The normalized spacial score (nSPS) is 17.9. The van der Waals surface area contributed by atoms with Gasteiger partial charge in [-0.2, -0.15) is 0 Å². The number of likely N-dealkylation sites (tertiary alicyclic amines) is 1. The zero-order valence-electron chi connectivity index (χ0n) is 11.4. The molecule has 1 fully saturated rings. The molecule has 1 aromatic carbocycles. The molecule has 3 rings (SSSR count). The van der Waals surface area contributed by atoms with Crippen LogP contribution in [-0.4, -0.2) is 34.3 Å². The highest BCUT2D eigenvalue weighted by molar-refractivity contribution is 7.13. The number of aromatic nitrogens is 1. The summed E-state index contributed by atoms with van der Waals surface area (Å²) in [6, 6.07) is 9.21. The molecule has 6 heteroatoms. The fourth-order valence-electron chi connectivity index (χ4n) is 2.54. The van der Waals surface area contributed by atoms with E-state index in [2.05, 4.69) is 4.98 Å². The molecule has 0 radical (unpaired) electrons. The van der Waals surface area contributed by atoms with E-state index < -0.39 is 11.9 Å². The Hall–Kier alpha value is -2.21. The number of carbonyl (C=O) groups excluding carboxylic acids is 2.